The van der Waals surface area contributed by atoms with E-state index >= 15 is 0 Å². The van der Waals surface area contributed by atoms with E-state index in [4.69, 9.17) is 4.74 Å². The first-order valence-electron chi connectivity index (χ1n) is 6.78. The molecule has 0 aliphatic carbocycles. The fourth-order valence-corrected chi connectivity index (χ4v) is 2.20. The first-order valence-corrected chi connectivity index (χ1v) is 6.78. The highest BCUT2D eigenvalue weighted by atomic mass is 16.5. The maximum absolute atomic E-state index is 5.71. The lowest BCUT2D eigenvalue weighted by Crippen LogP contribution is -2.24. The SMILES string of the molecule is CCNC(Cc1ncc[nH]1)c1ccccc1OCC. The van der Waals surface area contributed by atoms with Gasteiger partial charge < -0.3 is 15.0 Å². The number of likely N-dealkylation sites (N-methyl/N-ethyl adjacent to an activating group) is 1. The van der Waals surface area contributed by atoms with E-state index in [1.807, 2.05) is 31.3 Å². The van der Waals surface area contributed by atoms with Gasteiger partial charge in [-0.25, -0.2) is 4.98 Å². The molecule has 19 heavy (non-hydrogen) atoms. The van der Waals surface area contributed by atoms with Gasteiger partial charge in [0.15, 0.2) is 0 Å². The third kappa shape index (κ3) is 3.58. The van der Waals surface area contributed by atoms with Crippen LogP contribution in [0.4, 0.5) is 0 Å². The van der Waals surface area contributed by atoms with E-state index in [1.54, 1.807) is 6.20 Å². The highest BCUT2D eigenvalue weighted by molar-refractivity contribution is 5.36. The zero-order chi connectivity index (χ0) is 13.5. The highest BCUT2D eigenvalue weighted by Gasteiger charge is 2.16. The lowest BCUT2D eigenvalue weighted by molar-refractivity contribution is 0.331. The molecule has 0 aliphatic heterocycles. The molecule has 1 aromatic heterocycles. The number of rotatable bonds is 7. The summed E-state index contributed by atoms with van der Waals surface area (Å²) < 4.78 is 5.71. The first kappa shape index (κ1) is 13.6. The summed E-state index contributed by atoms with van der Waals surface area (Å²) in [6.07, 6.45) is 4.46. The fourth-order valence-electron chi connectivity index (χ4n) is 2.20. The van der Waals surface area contributed by atoms with Gasteiger partial charge in [-0.3, -0.25) is 0 Å². The van der Waals surface area contributed by atoms with E-state index in [0.29, 0.717) is 6.61 Å². The van der Waals surface area contributed by atoms with Gasteiger partial charge in [0.05, 0.1) is 6.61 Å². The Kier molecular flexibility index (Phi) is 4.98. The Balaban J connectivity index is 2.22. The van der Waals surface area contributed by atoms with Crippen molar-refractivity contribution in [3.8, 4) is 5.75 Å². The van der Waals surface area contributed by atoms with Crippen LogP contribution in [0.2, 0.25) is 0 Å². The smallest absolute Gasteiger partial charge is 0.124 e. The zero-order valence-electron chi connectivity index (χ0n) is 11.5. The Morgan fingerprint density at radius 3 is 2.84 bits per heavy atom. The molecule has 0 aliphatic rings. The molecule has 2 rings (SSSR count). The minimum atomic E-state index is 0.207. The number of nitrogens with zero attached hydrogens (tertiary/aromatic N) is 1. The lowest BCUT2D eigenvalue weighted by atomic mass is 10.0. The van der Waals surface area contributed by atoms with Crippen LogP contribution < -0.4 is 10.1 Å². The molecular formula is C15H21N3O. The van der Waals surface area contributed by atoms with E-state index in [1.165, 1.54) is 5.56 Å². The van der Waals surface area contributed by atoms with Gasteiger partial charge in [0, 0.05) is 30.4 Å². The van der Waals surface area contributed by atoms with E-state index in [9.17, 15) is 0 Å². The van der Waals surface area contributed by atoms with E-state index in [0.717, 1.165) is 24.5 Å². The normalized spacial score (nSPS) is 12.3. The Morgan fingerprint density at radius 1 is 1.32 bits per heavy atom. The third-order valence-corrected chi connectivity index (χ3v) is 3.00. The topological polar surface area (TPSA) is 49.9 Å². The van der Waals surface area contributed by atoms with Crippen LogP contribution >= 0.6 is 0 Å². The van der Waals surface area contributed by atoms with Crippen LogP contribution in [-0.4, -0.2) is 23.1 Å². The molecule has 1 heterocycles. The summed E-state index contributed by atoms with van der Waals surface area (Å²) in [7, 11) is 0. The van der Waals surface area contributed by atoms with Gasteiger partial charge in [-0.2, -0.15) is 0 Å². The molecule has 1 unspecified atom stereocenters. The molecule has 1 aromatic carbocycles. The number of para-hydroxylation sites is 1. The number of hydrogen-bond donors (Lipinski definition) is 2. The molecule has 0 radical (unpaired) electrons. The van der Waals surface area contributed by atoms with Gasteiger partial charge in [0.2, 0.25) is 0 Å². The number of aromatic nitrogens is 2. The highest BCUT2D eigenvalue weighted by Crippen LogP contribution is 2.27. The molecule has 4 heteroatoms. The van der Waals surface area contributed by atoms with Crippen LogP contribution in [0, 0.1) is 0 Å². The molecule has 0 bridgehead atoms. The maximum atomic E-state index is 5.71. The standard InChI is InChI=1S/C15H21N3O/c1-3-16-13(11-15-17-9-10-18-15)12-7-5-6-8-14(12)19-4-2/h5-10,13,16H,3-4,11H2,1-2H3,(H,17,18). The number of benzene rings is 1. The van der Waals surface area contributed by atoms with Crippen molar-refractivity contribution >= 4 is 0 Å². The van der Waals surface area contributed by atoms with E-state index < -0.39 is 0 Å². The monoisotopic (exact) mass is 259 g/mol. The Bertz CT molecular complexity index is 482. The maximum Gasteiger partial charge on any atom is 0.124 e. The van der Waals surface area contributed by atoms with Gasteiger partial charge in [-0.15, -0.1) is 0 Å². The second-order valence-electron chi connectivity index (χ2n) is 4.32. The van der Waals surface area contributed by atoms with E-state index in [-0.39, 0.29) is 6.04 Å². The average Bonchev–Trinajstić information content (AvgIpc) is 2.92. The van der Waals surface area contributed by atoms with Crippen molar-refractivity contribution in [1.29, 1.82) is 0 Å². The number of ether oxygens (including phenoxy) is 1. The molecule has 1 atom stereocenters. The Hall–Kier alpha value is -1.81. The second-order valence-corrected chi connectivity index (χ2v) is 4.32. The Morgan fingerprint density at radius 2 is 2.16 bits per heavy atom. The number of aromatic amines is 1. The van der Waals surface area contributed by atoms with Gasteiger partial charge >= 0.3 is 0 Å². The second kappa shape index (κ2) is 6.95. The molecule has 102 valence electrons. The lowest BCUT2D eigenvalue weighted by Gasteiger charge is -2.20. The Labute approximate surface area is 114 Å². The van der Waals surface area contributed by atoms with Crippen molar-refractivity contribution in [2.24, 2.45) is 0 Å². The summed E-state index contributed by atoms with van der Waals surface area (Å²) in [5.74, 6) is 1.93. The van der Waals surface area contributed by atoms with E-state index in [2.05, 4.69) is 28.3 Å². The number of imidazole rings is 1. The van der Waals surface area contributed by atoms with Crippen molar-refractivity contribution in [2.45, 2.75) is 26.3 Å². The molecule has 2 aromatic rings. The minimum absolute atomic E-state index is 0.207. The summed E-state index contributed by atoms with van der Waals surface area (Å²) in [4.78, 5) is 7.46. The number of hydrogen-bond acceptors (Lipinski definition) is 3. The zero-order valence-corrected chi connectivity index (χ0v) is 11.5. The molecule has 2 N–H and O–H groups in total. The van der Waals surface area contributed by atoms with Crippen LogP contribution in [-0.2, 0) is 6.42 Å². The predicted octanol–water partition coefficient (Wildman–Crippen LogP) is 2.70. The summed E-state index contributed by atoms with van der Waals surface area (Å²) in [6.45, 7) is 5.70. The van der Waals surface area contributed by atoms with Crippen molar-refractivity contribution in [1.82, 2.24) is 15.3 Å². The summed E-state index contributed by atoms with van der Waals surface area (Å²) in [5.41, 5.74) is 1.18. The number of H-pyrrole nitrogens is 1. The van der Waals surface area contributed by atoms with Crippen LogP contribution in [0.3, 0.4) is 0 Å². The van der Waals surface area contributed by atoms with Crippen LogP contribution in [0.1, 0.15) is 31.3 Å². The quantitative estimate of drug-likeness (QED) is 0.803. The van der Waals surface area contributed by atoms with Gasteiger partial charge in [-0.1, -0.05) is 25.1 Å². The summed E-state index contributed by atoms with van der Waals surface area (Å²) >= 11 is 0. The fraction of sp³-hybridized carbons (Fsp3) is 0.400. The average molecular weight is 259 g/mol. The van der Waals surface area contributed by atoms with Gasteiger partial charge in [0.1, 0.15) is 11.6 Å². The molecule has 0 spiro atoms. The van der Waals surface area contributed by atoms with Crippen molar-refractivity contribution in [3.05, 3.63) is 48.0 Å². The summed E-state index contributed by atoms with van der Waals surface area (Å²) in [6, 6.07) is 8.39. The summed E-state index contributed by atoms with van der Waals surface area (Å²) in [5, 5.41) is 3.50. The molecule has 0 saturated heterocycles. The number of nitrogens with one attached hydrogen (secondary N) is 2. The van der Waals surface area contributed by atoms with Crippen molar-refractivity contribution in [2.75, 3.05) is 13.2 Å². The molecule has 0 fully saturated rings. The molecule has 0 saturated carbocycles. The van der Waals surface area contributed by atoms with Crippen LogP contribution in [0.15, 0.2) is 36.7 Å². The molecule has 4 nitrogen and oxygen atoms in total. The minimum Gasteiger partial charge on any atom is -0.494 e. The molecular weight excluding hydrogens is 238 g/mol. The van der Waals surface area contributed by atoms with Gasteiger partial charge in [-0.05, 0) is 19.5 Å². The van der Waals surface area contributed by atoms with Crippen LogP contribution in [0.25, 0.3) is 0 Å². The third-order valence-electron chi connectivity index (χ3n) is 3.00. The van der Waals surface area contributed by atoms with Gasteiger partial charge in [0.25, 0.3) is 0 Å². The predicted molar refractivity (Wildman–Crippen MR) is 76.3 cm³/mol. The molecule has 0 amide bonds. The first-order chi connectivity index (χ1) is 9.35. The van der Waals surface area contributed by atoms with Crippen LogP contribution in [0.5, 0.6) is 5.75 Å². The van der Waals surface area contributed by atoms with Crippen molar-refractivity contribution < 1.29 is 4.74 Å². The van der Waals surface area contributed by atoms with Crippen molar-refractivity contribution in [3.63, 3.8) is 0 Å². The largest absolute Gasteiger partial charge is 0.494 e.